The van der Waals surface area contributed by atoms with Crippen LogP contribution in [0.4, 0.5) is 5.69 Å². The Hall–Kier alpha value is -3.67. The zero-order valence-electron chi connectivity index (χ0n) is 17.7. The lowest BCUT2D eigenvalue weighted by Gasteiger charge is -2.12. The molecular formula is C24H23N3O4S. The molecule has 0 saturated carbocycles. The largest absolute Gasteiger partial charge is 0.489 e. The van der Waals surface area contributed by atoms with Gasteiger partial charge in [0.05, 0.1) is 16.5 Å². The fraction of sp³-hybridized carbons (Fsp3) is 0.167. The van der Waals surface area contributed by atoms with Crippen molar-refractivity contribution in [1.29, 1.82) is 5.26 Å². The van der Waals surface area contributed by atoms with Gasteiger partial charge in [0.25, 0.3) is 5.91 Å². The van der Waals surface area contributed by atoms with Gasteiger partial charge in [-0.25, -0.2) is 13.1 Å². The van der Waals surface area contributed by atoms with Crippen LogP contribution < -0.4 is 14.8 Å². The highest BCUT2D eigenvalue weighted by atomic mass is 32.2. The first-order chi connectivity index (χ1) is 15.3. The maximum absolute atomic E-state index is 12.7. The van der Waals surface area contributed by atoms with Gasteiger partial charge >= 0.3 is 0 Å². The molecule has 0 radical (unpaired) electrons. The molecule has 3 aromatic rings. The molecule has 0 atom stereocenters. The van der Waals surface area contributed by atoms with Crippen LogP contribution in [0.3, 0.4) is 0 Å². The van der Waals surface area contributed by atoms with Crippen molar-refractivity contribution in [2.45, 2.75) is 31.4 Å². The van der Waals surface area contributed by atoms with E-state index in [-0.39, 0.29) is 23.1 Å². The number of sulfonamides is 1. The number of carbonyl (C=O) groups is 1. The van der Waals surface area contributed by atoms with Crippen molar-refractivity contribution in [3.8, 4) is 11.8 Å². The normalized spacial score (nSPS) is 11.1. The van der Waals surface area contributed by atoms with Crippen LogP contribution in [0.5, 0.6) is 5.75 Å². The highest BCUT2D eigenvalue weighted by molar-refractivity contribution is 7.89. The predicted molar refractivity (Wildman–Crippen MR) is 122 cm³/mol. The maximum Gasteiger partial charge on any atom is 0.255 e. The highest BCUT2D eigenvalue weighted by Crippen LogP contribution is 2.20. The zero-order valence-corrected chi connectivity index (χ0v) is 18.5. The van der Waals surface area contributed by atoms with Crippen molar-refractivity contribution in [2.75, 3.05) is 5.32 Å². The molecular weight excluding hydrogens is 426 g/mol. The van der Waals surface area contributed by atoms with Gasteiger partial charge in [0.15, 0.2) is 0 Å². The Kier molecular flexibility index (Phi) is 7.25. The van der Waals surface area contributed by atoms with Crippen LogP contribution in [-0.2, 0) is 16.6 Å². The monoisotopic (exact) mass is 449 g/mol. The third-order valence-electron chi connectivity index (χ3n) is 4.35. The minimum absolute atomic E-state index is 0.0236. The van der Waals surface area contributed by atoms with E-state index in [9.17, 15) is 13.2 Å². The van der Waals surface area contributed by atoms with Crippen LogP contribution >= 0.6 is 0 Å². The second-order valence-corrected chi connectivity index (χ2v) is 9.10. The highest BCUT2D eigenvalue weighted by Gasteiger charge is 2.17. The van der Waals surface area contributed by atoms with E-state index >= 15 is 0 Å². The lowest BCUT2D eigenvalue weighted by atomic mass is 10.1. The van der Waals surface area contributed by atoms with Crippen LogP contribution in [0, 0.1) is 11.3 Å². The second kappa shape index (κ2) is 10.1. The van der Waals surface area contributed by atoms with E-state index < -0.39 is 15.9 Å². The third-order valence-corrected chi connectivity index (χ3v) is 6.01. The van der Waals surface area contributed by atoms with Gasteiger partial charge < -0.3 is 10.1 Å². The molecule has 0 bridgehead atoms. The number of ether oxygens (including phenoxy) is 1. The molecule has 0 aromatic heterocycles. The third kappa shape index (κ3) is 6.17. The smallest absolute Gasteiger partial charge is 0.255 e. The first-order valence-corrected chi connectivity index (χ1v) is 11.4. The first-order valence-electron chi connectivity index (χ1n) is 9.92. The van der Waals surface area contributed by atoms with Crippen LogP contribution in [0.15, 0.2) is 77.7 Å². The summed E-state index contributed by atoms with van der Waals surface area (Å²) in [7, 11) is -3.70. The van der Waals surface area contributed by atoms with Crippen molar-refractivity contribution in [3.05, 3.63) is 89.5 Å². The molecule has 1 amide bonds. The summed E-state index contributed by atoms with van der Waals surface area (Å²) in [5, 5.41) is 11.8. The summed E-state index contributed by atoms with van der Waals surface area (Å²) < 4.78 is 33.0. The fourth-order valence-corrected chi connectivity index (χ4v) is 4.24. The minimum Gasteiger partial charge on any atom is -0.489 e. The van der Waals surface area contributed by atoms with Gasteiger partial charge in [-0.3, -0.25) is 4.79 Å². The minimum atomic E-state index is -3.70. The van der Waals surface area contributed by atoms with Gasteiger partial charge in [0.1, 0.15) is 12.4 Å². The molecule has 32 heavy (non-hydrogen) atoms. The average Bonchev–Trinajstić information content (AvgIpc) is 2.77. The predicted octanol–water partition coefficient (Wildman–Crippen LogP) is 4.08. The van der Waals surface area contributed by atoms with Gasteiger partial charge in [-0.05, 0) is 61.9 Å². The topological polar surface area (TPSA) is 108 Å². The van der Waals surface area contributed by atoms with E-state index in [1.54, 1.807) is 62.4 Å². The molecule has 0 aliphatic heterocycles. The molecule has 0 aliphatic carbocycles. The number of nitriles is 1. The number of amides is 1. The van der Waals surface area contributed by atoms with Gasteiger partial charge in [-0.15, -0.1) is 0 Å². The summed E-state index contributed by atoms with van der Waals surface area (Å²) in [5.41, 5.74) is 2.13. The van der Waals surface area contributed by atoms with Gasteiger partial charge in [0.2, 0.25) is 10.0 Å². The molecule has 0 heterocycles. The van der Waals surface area contributed by atoms with Crippen molar-refractivity contribution in [2.24, 2.45) is 0 Å². The van der Waals surface area contributed by atoms with E-state index in [1.807, 2.05) is 6.07 Å². The fourth-order valence-electron chi connectivity index (χ4n) is 2.95. The molecule has 0 aliphatic rings. The maximum atomic E-state index is 12.7. The molecule has 0 saturated heterocycles. The Morgan fingerprint density at radius 3 is 2.53 bits per heavy atom. The van der Waals surface area contributed by atoms with E-state index in [2.05, 4.69) is 16.1 Å². The molecule has 7 nitrogen and oxygen atoms in total. The number of hydrogen-bond acceptors (Lipinski definition) is 5. The standard InChI is InChI=1S/C24H23N3O4S/c1-17(2)27-32(29,30)23-11-4-8-20(13-23)24(28)26-21-9-5-10-22(14-21)31-16-19-7-3-6-18(12-19)15-25/h3-14,17,27H,16H2,1-2H3,(H,26,28). The van der Waals surface area contributed by atoms with Gasteiger partial charge in [-0.2, -0.15) is 5.26 Å². The van der Waals surface area contributed by atoms with Crippen molar-refractivity contribution >= 4 is 21.6 Å². The zero-order chi connectivity index (χ0) is 23.1. The van der Waals surface area contributed by atoms with Crippen LogP contribution in [-0.4, -0.2) is 20.4 Å². The quantitative estimate of drug-likeness (QED) is 0.539. The van der Waals surface area contributed by atoms with Crippen LogP contribution in [0.25, 0.3) is 0 Å². The van der Waals surface area contributed by atoms with E-state index in [1.165, 1.54) is 18.2 Å². The number of benzene rings is 3. The lowest BCUT2D eigenvalue weighted by Crippen LogP contribution is -2.30. The molecule has 3 rings (SSSR count). The van der Waals surface area contributed by atoms with Crippen LogP contribution in [0.1, 0.15) is 35.3 Å². The number of hydrogen-bond donors (Lipinski definition) is 2. The van der Waals surface area contributed by atoms with Crippen molar-refractivity contribution in [1.82, 2.24) is 4.72 Å². The van der Waals surface area contributed by atoms with Crippen molar-refractivity contribution < 1.29 is 17.9 Å². The molecule has 3 aromatic carbocycles. The Morgan fingerprint density at radius 1 is 1.03 bits per heavy atom. The lowest BCUT2D eigenvalue weighted by molar-refractivity contribution is 0.102. The van der Waals surface area contributed by atoms with E-state index in [4.69, 9.17) is 10.00 Å². The average molecular weight is 450 g/mol. The number of anilines is 1. The first kappa shape index (κ1) is 23.0. The van der Waals surface area contributed by atoms with E-state index in [0.29, 0.717) is 17.0 Å². The Labute approximate surface area is 187 Å². The van der Waals surface area contributed by atoms with Crippen molar-refractivity contribution in [3.63, 3.8) is 0 Å². The summed E-state index contributed by atoms with van der Waals surface area (Å²) >= 11 is 0. The SMILES string of the molecule is CC(C)NS(=O)(=O)c1cccc(C(=O)Nc2cccc(OCc3cccc(C#N)c3)c2)c1. The van der Waals surface area contributed by atoms with E-state index in [0.717, 1.165) is 5.56 Å². The number of nitrogens with one attached hydrogen (secondary N) is 2. The molecule has 2 N–H and O–H groups in total. The Bertz CT molecular complexity index is 1260. The molecule has 164 valence electrons. The van der Waals surface area contributed by atoms with Crippen LogP contribution in [0.2, 0.25) is 0 Å². The molecule has 0 fully saturated rings. The summed E-state index contributed by atoms with van der Waals surface area (Å²) in [6, 6.07) is 21.7. The number of carbonyl (C=O) groups excluding carboxylic acids is 1. The molecule has 8 heteroatoms. The molecule has 0 spiro atoms. The number of nitrogens with zero attached hydrogens (tertiary/aromatic N) is 1. The second-order valence-electron chi connectivity index (χ2n) is 7.39. The van der Waals surface area contributed by atoms with Gasteiger partial charge in [0, 0.05) is 23.4 Å². The molecule has 0 unspecified atom stereocenters. The summed E-state index contributed by atoms with van der Waals surface area (Å²) in [6.45, 7) is 3.72. The summed E-state index contributed by atoms with van der Waals surface area (Å²) in [6.07, 6.45) is 0. The summed E-state index contributed by atoms with van der Waals surface area (Å²) in [4.78, 5) is 12.7. The van der Waals surface area contributed by atoms with Gasteiger partial charge in [-0.1, -0.05) is 24.3 Å². The summed E-state index contributed by atoms with van der Waals surface area (Å²) in [5.74, 6) is 0.105. The Balaban J connectivity index is 1.69. The Morgan fingerprint density at radius 2 is 1.78 bits per heavy atom. The number of rotatable bonds is 8.